The molecule has 0 spiro atoms. The molecule has 2 fully saturated rings. The van der Waals surface area contributed by atoms with Crippen molar-refractivity contribution in [1.29, 1.82) is 0 Å². The van der Waals surface area contributed by atoms with Gasteiger partial charge in [-0.25, -0.2) is 4.39 Å². The molecule has 4 rings (SSSR count). The van der Waals surface area contributed by atoms with Crippen LogP contribution < -0.4 is 4.74 Å². The van der Waals surface area contributed by atoms with Crippen molar-refractivity contribution in [2.24, 2.45) is 23.7 Å². The Hall–Kier alpha value is -2.23. The molecule has 0 N–H and O–H groups in total. The number of hydrogen-bond donors (Lipinski definition) is 0. The second-order valence-corrected chi connectivity index (χ2v) is 11.6. The summed E-state index contributed by atoms with van der Waals surface area (Å²) in [5.74, 6) is 1.80. The summed E-state index contributed by atoms with van der Waals surface area (Å²) >= 11 is 0. The van der Waals surface area contributed by atoms with Crippen LogP contribution in [0.25, 0.3) is 11.1 Å². The molecule has 2 saturated carbocycles. The van der Waals surface area contributed by atoms with Crippen LogP contribution in [0.15, 0.2) is 42.6 Å². The minimum absolute atomic E-state index is 0.0566. The number of rotatable bonds is 12. The molecule has 2 aromatic rings. The maximum absolute atomic E-state index is 14.5. The van der Waals surface area contributed by atoms with Crippen LogP contribution in [-0.4, -0.2) is 11.6 Å². The van der Waals surface area contributed by atoms with Crippen molar-refractivity contribution < 1.29 is 13.5 Å². The van der Waals surface area contributed by atoms with E-state index in [1.54, 1.807) is 19.2 Å². The van der Waals surface area contributed by atoms with Gasteiger partial charge in [0.1, 0.15) is 0 Å². The van der Waals surface area contributed by atoms with E-state index in [1.165, 1.54) is 83.1 Å². The molecule has 1 aromatic carbocycles. The third-order valence-electron chi connectivity index (χ3n) is 9.05. The van der Waals surface area contributed by atoms with Gasteiger partial charge in [-0.15, -0.1) is 0 Å². The Bertz CT molecular complexity index is 1000. The first-order valence-corrected chi connectivity index (χ1v) is 15.3. The van der Waals surface area contributed by atoms with E-state index in [2.05, 4.69) is 24.1 Å². The van der Waals surface area contributed by atoms with Crippen LogP contribution in [-0.2, 0) is 6.42 Å². The third-order valence-corrected chi connectivity index (χ3v) is 9.05. The van der Waals surface area contributed by atoms with Gasteiger partial charge in [-0.3, -0.25) is 4.98 Å². The number of allylic oxidation sites excluding steroid dienone is 2. The van der Waals surface area contributed by atoms with E-state index in [0.29, 0.717) is 12.2 Å². The molecule has 1 heterocycles. The van der Waals surface area contributed by atoms with Gasteiger partial charge in [-0.1, -0.05) is 63.7 Å². The molecule has 208 valence electrons. The number of ether oxygens (including phenoxy) is 1. The molecule has 0 unspecified atom stereocenters. The van der Waals surface area contributed by atoms with Gasteiger partial charge in [-0.2, -0.15) is 4.39 Å². The normalized spacial score (nSPS) is 24.1. The monoisotopic (exact) mass is 523 g/mol. The van der Waals surface area contributed by atoms with Gasteiger partial charge in [0.15, 0.2) is 11.6 Å². The second-order valence-electron chi connectivity index (χ2n) is 11.6. The summed E-state index contributed by atoms with van der Waals surface area (Å²) in [6.07, 6.45) is 25.3. The predicted octanol–water partition coefficient (Wildman–Crippen LogP) is 10.1. The van der Waals surface area contributed by atoms with E-state index < -0.39 is 11.6 Å². The Morgan fingerprint density at radius 2 is 1.61 bits per heavy atom. The molecule has 38 heavy (non-hydrogen) atoms. The van der Waals surface area contributed by atoms with Crippen molar-refractivity contribution in [3.8, 4) is 16.9 Å². The van der Waals surface area contributed by atoms with Crippen molar-refractivity contribution in [2.75, 3.05) is 6.61 Å². The lowest BCUT2D eigenvalue weighted by atomic mass is 9.68. The molecule has 2 aliphatic rings. The van der Waals surface area contributed by atoms with Crippen LogP contribution in [0.5, 0.6) is 5.75 Å². The van der Waals surface area contributed by atoms with E-state index in [-0.39, 0.29) is 11.3 Å². The van der Waals surface area contributed by atoms with Crippen molar-refractivity contribution in [1.82, 2.24) is 4.98 Å². The van der Waals surface area contributed by atoms with E-state index in [9.17, 15) is 8.78 Å². The minimum Gasteiger partial charge on any atom is -0.491 e. The molecule has 0 amide bonds. The molecule has 1 aromatic heterocycles. The smallest absolute Gasteiger partial charge is 0.201 e. The first-order chi connectivity index (χ1) is 18.6. The average molecular weight is 524 g/mol. The number of unbranched alkanes of at least 4 members (excludes halogenated alkanes) is 2. The molecular formula is C34H47F2NO. The first kappa shape index (κ1) is 28.8. The SMILES string of the molecule is CCCCCC1CCC(C2CCC(/C=C/CCc3ccc(-c4ccc(OCC)c(F)c4F)cn3)CC2)CC1. The van der Waals surface area contributed by atoms with Crippen LogP contribution in [0.1, 0.15) is 103 Å². The topological polar surface area (TPSA) is 22.1 Å². The van der Waals surface area contributed by atoms with Crippen molar-refractivity contribution in [3.63, 3.8) is 0 Å². The Morgan fingerprint density at radius 1 is 0.868 bits per heavy atom. The maximum Gasteiger partial charge on any atom is 0.201 e. The summed E-state index contributed by atoms with van der Waals surface area (Å²) in [5.41, 5.74) is 1.75. The van der Waals surface area contributed by atoms with E-state index in [1.807, 2.05) is 12.1 Å². The number of hydrogen-bond acceptors (Lipinski definition) is 2. The Balaban J connectivity index is 1.16. The Morgan fingerprint density at radius 3 is 2.26 bits per heavy atom. The molecule has 2 nitrogen and oxygen atoms in total. The van der Waals surface area contributed by atoms with Crippen molar-refractivity contribution in [2.45, 2.75) is 104 Å². The lowest BCUT2D eigenvalue weighted by Crippen LogP contribution is -2.25. The Kier molecular flexibility index (Phi) is 11.2. The molecule has 0 atom stereocenters. The van der Waals surface area contributed by atoms with E-state index in [0.717, 1.165) is 42.2 Å². The maximum atomic E-state index is 14.5. The van der Waals surface area contributed by atoms with Crippen LogP contribution in [0.2, 0.25) is 0 Å². The highest BCUT2D eigenvalue weighted by atomic mass is 19.2. The average Bonchev–Trinajstić information content (AvgIpc) is 2.95. The van der Waals surface area contributed by atoms with Crippen LogP contribution >= 0.6 is 0 Å². The zero-order chi connectivity index (χ0) is 26.7. The van der Waals surface area contributed by atoms with E-state index in [4.69, 9.17) is 4.74 Å². The summed E-state index contributed by atoms with van der Waals surface area (Å²) < 4.78 is 33.9. The number of nitrogens with zero attached hydrogens (tertiary/aromatic N) is 1. The number of halogens is 2. The van der Waals surface area contributed by atoms with Crippen LogP contribution in [0.4, 0.5) is 8.78 Å². The molecule has 2 aliphatic carbocycles. The fourth-order valence-electron chi connectivity index (χ4n) is 6.71. The molecular weight excluding hydrogens is 476 g/mol. The largest absolute Gasteiger partial charge is 0.491 e. The lowest BCUT2D eigenvalue weighted by molar-refractivity contribution is 0.151. The van der Waals surface area contributed by atoms with Crippen molar-refractivity contribution >= 4 is 0 Å². The quantitative estimate of drug-likeness (QED) is 0.204. The number of pyridine rings is 1. The minimum atomic E-state index is -0.946. The summed E-state index contributed by atoms with van der Waals surface area (Å²) in [5, 5.41) is 0. The zero-order valence-electron chi connectivity index (χ0n) is 23.6. The second kappa shape index (κ2) is 14.8. The molecule has 0 radical (unpaired) electrons. The van der Waals surface area contributed by atoms with Gasteiger partial charge in [0.05, 0.1) is 6.61 Å². The summed E-state index contributed by atoms with van der Waals surface area (Å²) in [4.78, 5) is 4.50. The van der Waals surface area contributed by atoms with Crippen LogP contribution in [0.3, 0.4) is 0 Å². The van der Waals surface area contributed by atoms with Crippen molar-refractivity contribution in [3.05, 3.63) is 59.9 Å². The number of aryl methyl sites for hydroxylation is 1. The fraction of sp³-hybridized carbons (Fsp3) is 0.618. The molecule has 0 saturated heterocycles. The first-order valence-electron chi connectivity index (χ1n) is 15.3. The molecule has 4 heteroatoms. The van der Waals surface area contributed by atoms with Gasteiger partial charge in [0, 0.05) is 23.0 Å². The van der Waals surface area contributed by atoms with Gasteiger partial charge in [-0.05, 0) is 100 Å². The highest BCUT2D eigenvalue weighted by molar-refractivity contribution is 5.64. The third kappa shape index (κ3) is 7.90. The van der Waals surface area contributed by atoms with Gasteiger partial charge < -0.3 is 4.74 Å². The predicted molar refractivity (Wildman–Crippen MR) is 153 cm³/mol. The Labute approximate surface area is 229 Å². The molecule has 0 aliphatic heterocycles. The fourth-order valence-corrected chi connectivity index (χ4v) is 6.71. The molecule has 0 bridgehead atoms. The zero-order valence-corrected chi connectivity index (χ0v) is 23.6. The lowest BCUT2D eigenvalue weighted by Gasteiger charge is -2.37. The number of benzene rings is 1. The summed E-state index contributed by atoms with van der Waals surface area (Å²) in [7, 11) is 0. The number of aromatic nitrogens is 1. The highest BCUT2D eigenvalue weighted by Gasteiger charge is 2.30. The summed E-state index contributed by atoms with van der Waals surface area (Å²) in [6, 6.07) is 6.77. The van der Waals surface area contributed by atoms with Gasteiger partial charge >= 0.3 is 0 Å². The van der Waals surface area contributed by atoms with Gasteiger partial charge in [0.25, 0.3) is 0 Å². The highest BCUT2D eigenvalue weighted by Crippen LogP contribution is 2.42. The standard InChI is InChI=1S/C34H47F2NO/c1-3-5-6-9-25-12-16-27(17-13-25)28-18-14-26(15-19-28)10-7-8-11-30-21-20-29(24-37-30)31-22-23-32(38-4-2)34(36)33(31)35/h7,10,20-28H,3-6,8-9,11-19H2,1-2H3/b10-7+. The van der Waals surface area contributed by atoms with Gasteiger partial charge in [0.2, 0.25) is 5.82 Å². The van der Waals surface area contributed by atoms with E-state index >= 15 is 0 Å². The summed E-state index contributed by atoms with van der Waals surface area (Å²) in [6.45, 7) is 4.34. The van der Waals surface area contributed by atoms with Crippen LogP contribution in [0, 0.1) is 35.3 Å².